The summed E-state index contributed by atoms with van der Waals surface area (Å²) in [5.74, 6) is -1.59. The maximum absolute atomic E-state index is 12.0. The first-order valence-electron chi connectivity index (χ1n) is 6.28. The van der Waals surface area contributed by atoms with Crippen LogP contribution in [-0.4, -0.2) is 28.4 Å². The minimum Gasteiger partial charge on any atom is -0.480 e. The van der Waals surface area contributed by atoms with Crippen LogP contribution in [0.1, 0.15) is 37.1 Å². The summed E-state index contributed by atoms with van der Waals surface area (Å²) >= 11 is 1.44. The molecule has 2 amide bonds. The number of carbonyl (C=O) groups excluding carboxylic acids is 2. The molecule has 1 atom stereocenters. The van der Waals surface area contributed by atoms with E-state index in [1.807, 2.05) is 17.5 Å². The zero-order valence-corrected chi connectivity index (χ0v) is 11.8. The van der Waals surface area contributed by atoms with Gasteiger partial charge in [-0.25, -0.2) is 4.79 Å². The summed E-state index contributed by atoms with van der Waals surface area (Å²) in [4.78, 5) is 35.1. The second-order valence-electron chi connectivity index (χ2n) is 4.91. The van der Waals surface area contributed by atoms with Crippen LogP contribution in [0.2, 0.25) is 0 Å². The lowest BCUT2D eigenvalue weighted by atomic mass is 10.1. The predicted octanol–water partition coefficient (Wildman–Crippen LogP) is 1.05. The Morgan fingerprint density at radius 3 is 2.60 bits per heavy atom. The Morgan fingerprint density at radius 2 is 2.15 bits per heavy atom. The molecule has 0 aromatic carbocycles. The number of thiophene rings is 1. The molecular weight excluding hydrogens is 280 g/mol. The molecule has 2 rings (SSSR count). The predicted molar refractivity (Wildman–Crippen MR) is 73.2 cm³/mol. The Bertz CT molecular complexity index is 522. The van der Waals surface area contributed by atoms with Crippen LogP contribution in [0.4, 0.5) is 0 Å². The lowest BCUT2D eigenvalue weighted by molar-refractivity contribution is -0.143. The van der Waals surface area contributed by atoms with Crippen molar-refractivity contribution in [1.29, 1.82) is 0 Å². The normalized spacial score (nSPS) is 17.1. The molecule has 1 aromatic heterocycles. The van der Waals surface area contributed by atoms with E-state index in [4.69, 9.17) is 5.11 Å². The molecule has 0 aliphatic heterocycles. The van der Waals surface area contributed by atoms with E-state index in [1.54, 1.807) is 0 Å². The van der Waals surface area contributed by atoms with Crippen molar-refractivity contribution >= 4 is 29.1 Å². The smallest absolute Gasteiger partial charge is 0.329 e. The minimum absolute atomic E-state index is 0.0368. The first-order chi connectivity index (χ1) is 9.43. The summed E-state index contributed by atoms with van der Waals surface area (Å²) in [7, 11) is 0. The van der Waals surface area contributed by atoms with Crippen molar-refractivity contribution in [3.05, 3.63) is 22.4 Å². The summed E-state index contributed by atoms with van der Waals surface area (Å²) in [6.45, 7) is 1.39. The Hall–Kier alpha value is -1.89. The van der Waals surface area contributed by atoms with Gasteiger partial charge in [-0.3, -0.25) is 9.59 Å². The van der Waals surface area contributed by atoms with Crippen LogP contribution < -0.4 is 10.6 Å². The number of carbonyl (C=O) groups is 3. The highest BCUT2D eigenvalue weighted by molar-refractivity contribution is 7.10. The quantitative estimate of drug-likeness (QED) is 0.731. The molecule has 1 unspecified atom stereocenters. The van der Waals surface area contributed by atoms with Crippen LogP contribution in [-0.2, 0) is 14.4 Å². The Morgan fingerprint density at radius 1 is 1.45 bits per heavy atom. The van der Waals surface area contributed by atoms with Crippen molar-refractivity contribution in [1.82, 2.24) is 10.6 Å². The van der Waals surface area contributed by atoms with E-state index in [-0.39, 0.29) is 18.2 Å². The average molecular weight is 296 g/mol. The molecule has 0 saturated heterocycles. The molecule has 0 radical (unpaired) electrons. The van der Waals surface area contributed by atoms with Crippen LogP contribution in [0.3, 0.4) is 0 Å². The molecule has 0 bridgehead atoms. The first kappa shape index (κ1) is 14.5. The van der Waals surface area contributed by atoms with Crippen molar-refractivity contribution in [2.24, 2.45) is 0 Å². The Kier molecular flexibility index (Phi) is 4.08. The molecule has 20 heavy (non-hydrogen) atoms. The molecular formula is C13H16N2O4S. The number of nitrogens with one attached hydrogen (secondary N) is 2. The van der Waals surface area contributed by atoms with Crippen molar-refractivity contribution in [2.45, 2.75) is 37.8 Å². The number of rotatable bonds is 6. The van der Waals surface area contributed by atoms with Gasteiger partial charge in [0.15, 0.2) is 0 Å². The third-order valence-electron chi connectivity index (χ3n) is 3.19. The molecule has 1 aliphatic carbocycles. The maximum Gasteiger partial charge on any atom is 0.329 e. The first-order valence-corrected chi connectivity index (χ1v) is 7.16. The highest BCUT2D eigenvalue weighted by atomic mass is 32.1. The Balaban J connectivity index is 1.99. The van der Waals surface area contributed by atoms with Gasteiger partial charge in [0.2, 0.25) is 11.8 Å². The van der Waals surface area contributed by atoms with Gasteiger partial charge in [0, 0.05) is 11.8 Å². The van der Waals surface area contributed by atoms with Crippen molar-refractivity contribution in [3.63, 3.8) is 0 Å². The second kappa shape index (κ2) is 5.62. The van der Waals surface area contributed by atoms with Crippen LogP contribution >= 0.6 is 11.3 Å². The SMILES string of the molecule is CC(=O)NC(CC(=O)NC1(C(=O)O)CC1)c1cccs1. The second-order valence-corrected chi connectivity index (χ2v) is 5.89. The van der Waals surface area contributed by atoms with Gasteiger partial charge < -0.3 is 15.7 Å². The fourth-order valence-corrected chi connectivity index (χ4v) is 2.76. The van der Waals surface area contributed by atoms with E-state index in [0.717, 1.165) is 4.88 Å². The van der Waals surface area contributed by atoms with E-state index in [9.17, 15) is 14.4 Å². The number of hydrogen-bond donors (Lipinski definition) is 3. The topological polar surface area (TPSA) is 95.5 Å². The van der Waals surface area contributed by atoms with E-state index >= 15 is 0 Å². The molecule has 1 aromatic rings. The highest BCUT2D eigenvalue weighted by Crippen LogP contribution is 2.36. The highest BCUT2D eigenvalue weighted by Gasteiger charge is 2.51. The largest absolute Gasteiger partial charge is 0.480 e. The third-order valence-corrected chi connectivity index (χ3v) is 4.18. The zero-order chi connectivity index (χ0) is 14.8. The van der Waals surface area contributed by atoms with Gasteiger partial charge in [0.25, 0.3) is 0 Å². The molecule has 0 spiro atoms. The lowest BCUT2D eigenvalue weighted by Crippen LogP contribution is -2.44. The van der Waals surface area contributed by atoms with E-state index in [0.29, 0.717) is 12.8 Å². The average Bonchev–Trinajstić information content (AvgIpc) is 2.92. The van der Waals surface area contributed by atoms with Crippen molar-refractivity contribution in [3.8, 4) is 0 Å². The number of carboxylic acids is 1. The summed E-state index contributed by atoms with van der Waals surface area (Å²) in [5.41, 5.74) is -1.09. The standard InChI is InChI=1S/C13H16N2O4S/c1-8(16)14-9(10-3-2-6-20-10)7-11(17)15-13(4-5-13)12(18)19/h2-3,6,9H,4-5,7H2,1H3,(H,14,16)(H,15,17)(H,18,19). The summed E-state index contributed by atoms with van der Waals surface area (Å²) in [6.07, 6.45) is 0.949. The molecule has 7 heteroatoms. The fourth-order valence-electron chi connectivity index (χ4n) is 1.98. The van der Waals surface area contributed by atoms with Gasteiger partial charge in [-0.2, -0.15) is 0 Å². The molecule has 1 heterocycles. The number of aliphatic carboxylic acids is 1. The molecule has 1 fully saturated rings. The maximum atomic E-state index is 12.0. The van der Waals surface area contributed by atoms with Crippen molar-refractivity contribution < 1.29 is 19.5 Å². The van der Waals surface area contributed by atoms with Crippen LogP contribution in [0.5, 0.6) is 0 Å². The molecule has 1 aliphatic rings. The fraction of sp³-hybridized carbons (Fsp3) is 0.462. The van der Waals surface area contributed by atoms with Gasteiger partial charge >= 0.3 is 5.97 Å². The minimum atomic E-state index is -1.09. The van der Waals surface area contributed by atoms with Crippen LogP contribution in [0.25, 0.3) is 0 Å². The Labute approximate surface area is 120 Å². The summed E-state index contributed by atoms with van der Waals surface area (Å²) in [6, 6.07) is 3.26. The number of hydrogen-bond acceptors (Lipinski definition) is 4. The van der Waals surface area contributed by atoms with E-state index in [1.165, 1.54) is 18.3 Å². The van der Waals surface area contributed by atoms with Gasteiger partial charge in [-0.15, -0.1) is 11.3 Å². The summed E-state index contributed by atoms with van der Waals surface area (Å²) in [5, 5.41) is 16.2. The van der Waals surface area contributed by atoms with Crippen molar-refractivity contribution in [2.75, 3.05) is 0 Å². The van der Waals surface area contributed by atoms with Gasteiger partial charge in [-0.1, -0.05) is 6.07 Å². The summed E-state index contributed by atoms with van der Waals surface area (Å²) < 4.78 is 0. The number of carboxylic acid groups (broad SMARTS) is 1. The van der Waals surface area contributed by atoms with Gasteiger partial charge in [-0.05, 0) is 24.3 Å². The third kappa shape index (κ3) is 3.36. The molecule has 108 valence electrons. The monoisotopic (exact) mass is 296 g/mol. The molecule has 1 saturated carbocycles. The molecule has 6 nitrogen and oxygen atoms in total. The van der Waals surface area contributed by atoms with E-state index in [2.05, 4.69) is 10.6 Å². The number of amides is 2. The van der Waals surface area contributed by atoms with E-state index < -0.39 is 17.6 Å². The van der Waals surface area contributed by atoms with Crippen LogP contribution in [0.15, 0.2) is 17.5 Å². The zero-order valence-electron chi connectivity index (χ0n) is 11.0. The lowest BCUT2D eigenvalue weighted by Gasteiger charge is -2.18. The molecule has 3 N–H and O–H groups in total. The van der Waals surface area contributed by atoms with Gasteiger partial charge in [0.1, 0.15) is 5.54 Å². The van der Waals surface area contributed by atoms with Crippen LogP contribution in [0, 0.1) is 0 Å². The van der Waals surface area contributed by atoms with Gasteiger partial charge in [0.05, 0.1) is 12.5 Å².